The first-order valence-corrected chi connectivity index (χ1v) is 9.47. The van der Waals surface area contributed by atoms with E-state index in [9.17, 15) is 14.7 Å². The SMILES string of the molecule is COc1cc(/C=N\N2C(=O)[C@@H]3[C@@H]4C=C[C@H]([C@@H]5C[C@H]45)[C@@H]3C2=O)cc(Br)c1O. The zero-order chi connectivity index (χ0) is 18.2. The number of hydrazone groups is 1. The van der Waals surface area contributed by atoms with Crippen LogP contribution in [0.3, 0.4) is 0 Å². The van der Waals surface area contributed by atoms with Crippen LogP contribution in [0.1, 0.15) is 12.0 Å². The van der Waals surface area contributed by atoms with Crippen LogP contribution in [0.25, 0.3) is 0 Å². The Labute approximate surface area is 158 Å². The van der Waals surface area contributed by atoms with Gasteiger partial charge in [-0.05, 0) is 63.7 Å². The summed E-state index contributed by atoms with van der Waals surface area (Å²) in [5, 5.41) is 15.1. The van der Waals surface area contributed by atoms with E-state index in [0.717, 1.165) is 11.4 Å². The summed E-state index contributed by atoms with van der Waals surface area (Å²) in [4.78, 5) is 25.7. The summed E-state index contributed by atoms with van der Waals surface area (Å²) in [7, 11) is 1.45. The van der Waals surface area contributed by atoms with E-state index in [0.29, 0.717) is 21.9 Å². The standard InChI is InChI=1S/C19H17BrN2O4/c1-26-14-5-8(4-13(20)17(14)23)7-21-22-18(24)15-9-2-3-10(12-6-11(9)12)16(15)19(22)25/h2-5,7,9-12,15-16,23H,6H2,1H3/b21-7-/t9-,10-,11-,12+,15-,16+/m1/s1. The number of amides is 2. The van der Waals surface area contributed by atoms with Gasteiger partial charge in [-0.1, -0.05) is 12.2 Å². The lowest BCUT2D eigenvalue weighted by atomic mass is 9.63. The molecule has 0 unspecified atom stereocenters. The van der Waals surface area contributed by atoms with Gasteiger partial charge in [-0.3, -0.25) is 9.59 Å². The summed E-state index contributed by atoms with van der Waals surface area (Å²) in [6.45, 7) is 0. The van der Waals surface area contributed by atoms with Crippen molar-refractivity contribution < 1.29 is 19.4 Å². The van der Waals surface area contributed by atoms with Crippen LogP contribution in [0.4, 0.5) is 0 Å². The number of hydrogen-bond donors (Lipinski definition) is 1. The molecule has 0 aromatic heterocycles. The molecule has 2 bridgehead atoms. The maximum Gasteiger partial charge on any atom is 0.254 e. The first-order chi connectivity index (χ1) is 12.5. The highest BCUT2D eigenvalue weighted by Gasteiger charge is 2.67. The Morgan fingerprint density at radius 1 is 1.19 bits per heavy atom. The number of phenolic OH excluding ortho intramolecular Hbond substituents is 1. The summed E-state index contributed by atoms with van der Waals surface area (Å²) >= 11 is 3.25. The number of halogens is 1. The molecule has 2 saturated carbocycles. The number of hydrogen-bond acceptors (Lipinski definition) is 5. The van der Waals surface area contributed by atoms with Crippen molar-refractivity contribution in [1.82, 2.24) is 5.01 Å². The predicted octanol–water partition coefficient (Wildman–Crippen LogP) is 2.55. The van der Waals surface area contributed by atoms with Crippen molar-refractivity contribution >= 4 is 34.0 Å². The Bertz CT molecular complexity index is 860. The van der Waals surface area contributed by atoms with E-state index in [1.54, 1.807) is 12.1 Å². The number of rotatable bonds is 3. The van der Waals surface area contributed by atoms with Crippen LogP contribution in [0.2, 0.25) is 0 Å². The summed E-state index contributed by atoms with van der Waals surface area (Å²) in [6, 6.07) is 3.25. The summed E-state index contributed by atoms with van der Waals surface area (Å²) in [5.41, 5.74) is 0.617. The molecule has 1 aromatic rings. The van der Waals surface area contributed by atoms with Crippen molar-refractivity contribution in [3.05, 3.63) is 34.3 Å². The van der Waals surface area contributed by atoms with Crippen molar-refractivity contribution in [2.24, 2.45) is 40.6 Å². The highest BCUT2D eigenvalue weighted by Crippen LogP contribution is 2.65. The Balaban J connectivity index is 1.44. The number of carbonyl (C=O) groups excluding carboxylic acids is 2. The van der Waals surface area contributed by atoms with E-state index in [4.69, 9.17) is 4.74 Å². The zero-order valence-corrected chi connectivity index (χ0v) is 15.6. The smallest absolute Gasteiger partial charge is 0.254 e. The molecular formula is C19H17BrN2O4. The first-order valence-electron chi connectivity index (χ1n) is 8.68. The molecule has 3 fully saturated rings. The van der Waals surface area contributed by atoms with Crippen LogP contribution in [0, 0.1) is 35.5 Å². The maximum atomic E-state index is 12.9. The Morgan fingerprint density at radius 2 is 1.81 bits per heavy atom. The minimum Gasteiger partial charge on any atom is -0.503 e. The molecule has 2 amide bonds. The highest BCUT2D eigenvalue weighted by atomic mass is 79.9. The molecule has 134 valence electrons. The van der Waals surface area contributed by atoms with Gasteiger partial charge >= 0.3 is 0 Å². The van der Waals surface area contributed by atoms with Crippen molar-refractivity contribution in [2.45, 2.75) is 6.42 Å². The van der Waals surface area contributed by atoms with Gasteiger partial charge in [0.25, 0.3) is 11.8 Å². The lowest BCUT2D eigenvalue weighted by Crippen LogP contribution is -2.40. The van der Waals surface area contributed by atoms with Gasteiger partial charge in [0.05, 0.1) is 29.6 Å². The number of aromatic hydroxyl groups is 1. The third-order valence-electron chi connectivity index (χ3n) is 6.23. The number of phenols is 1. The van der Waals surface area contributed by atoms with Gasteiger partial charge in [-0.15, -0.1) is 0 Å². The monoisotopic (exact) mass is 416 g/mol. The number of imide groups is 1. The molecule has 1 heterocycles. The molecule has 5 aliphatic rings. The summed E-state index contributed by atoms with van der Waals surface area (Å²) < 4.78 is 5.57. The van der Waals surface area contributed by atoms with Gasteiger partial charge in [0, 0.05) is 0 Å². The minimum atomic E-state index is -0.250. The third-order valence-corrected chi connectivity index (χ3v) is 6.84. The summed E-state index contributed by atoms with van der Waals surface area (Å²) in [6.07, 6.45) is 6.87. The molecule has 0 spiro atoms. The highest BCUT2D eigenvalue weighted by molar-refractivity contribution is 9.10. The Hall–Kier alpha value is -2.15. The van der Waals surface area contributed by atoms with Crippen LogP contribution in [-0.4, -0.2) is 35.3 Å². The van der Waals surface area contributed by atoms with E-state index in [1.807, 2.05) is 0 Å². The van der Waals surface area contributed by atoms with Crippen molar-refractivity contribution in [3.63, 3.8) is 0 Å². The fourth-order valence-corrected chi connectivity index (χ4v) is 5.46. The lowest BCUT2D eigenvalue weighted by Gasteiger charge is -2.37. The molecular weight excluding hydrogens is 400 g/mol. The molecule has 6 atom stereocenters. The normalized spacial score (nSPS) is 36.6. The quantitative estimate of drug-likeness (QED) is 0.466. The van der Waals surface area contributed by atoms with Crippen molar-refractivity contribution in [3.8, 4) is 11.5 Å². The van der Waals surface area contributed by atoms with E-state index in [2.05, 4.69) is 33.2 Å². The van der Waals surface area contributed by atoms with Crippen LogP contribution >= 0.6 is 15.9 Å². The molecule has 7 heteroatoms. The minimum absolute atomic E-state index is 0.00845. The predicted molar refractivity (Wildman–Crippen MR) is 96.5 cm³/mol. The number of benzene rings is 1. The third kappa shape index (κ3) is 2.06. The fraction of sp³-hybridized carbons (Fsp3) is 0.421. The molecule has 6 rings (SSSR count). The lowest BCUT2D eigenvalue weighted by molar-refractivity contribution is -0.140. The van der Waals surface area contributed by atoms with Gasteiger partial charge in [0.2, 0.25) is 0 Å². The second kappa shape index (κ2) is 5.42. The van der Waals surface area contributed by atoms with Crippen molar-refractivity contribution in [1.29, 1.82) is 0 Å². The maximum absolute atomic E-state index is 12.9. The van der Waals surface area contributed by atoms with Gasteiger partial charge < -0.3 is 9.84 Å². The molecule has 6 nitrogen and oxygen atoms in total. The van der Waals surface area contributed by atoms with E-state index in [-0.39, 0.29) is 47.0 Å². The molecule has 0 radical (unpaired) electrons. The summed E-state index contributed by atoms with van der Waals surface area (Å²) in [5.74, 6) is 0.926. The van der Waals surface area contributed by atoms with Crippen LogP contribution in [-0.2, 0) is 9.59 Å². The molecule has 1 aromatic carbocycles. The average Bonchev–Trinajstić information content (AvgIpc) is 3.41. The van der Waals surface area contributed by atoms with E-state index in [1.165, 1.54) is 13.3 Å². The van der Waals surface area contributed by atoms with E-state index >= 15 is 0 Å². The molecule has 1 aliphatic heterocycles. The van der Waals surface area contributed by atoms with Crippen LogP contribution in [0.15, 0.2) is 33.9 Å². The Kier molecular flexibility index (Phi) is 3.35. The molecule has 4 aliphatic carbocycles. The fourth-order valence-electron chi connectivity index (χ4n) is 5.00. The van der Waals surface area contributed by atoms with Crippen molar-refractivity contribution in [2.75, 3.05) is 7.11 Å². The van der Waals surface area contributed by atoms with Crippen LogP contribution in [0.5, 0.6) is 11.5 Å². The molecule has 1 N–H and O–H groups in total. The Morgan fingerprint density at radius 3 is 2.38 bits per heavy atom. The first kappa shape index (κ1) is 16.1. The van der Waals surface area contributed by atoms with Crippen LogP contribution < -0.4 is 4.74 Å². The number of allylic oxidation sites excluding steroid dienone is 2. The van der Waals surface area contributed by atoms with Gasteiger partial charge in [0.1, 0.15) is 0 Å². The topological polar surface area (TPSA) is 79.2 Å². The van der Waals surface area contributed by atoms with Gasteiger partial charge in [0.15, 0.2) is 11.5 Å². The largest absolute Gasteiger partial charge is 0.503 e. The number of methoxy groups -OCH3 is 1. The number of carbonyl (C=O) groups is 2. The zero-order valence-electron chi connectivity index (χ0n) is 14.0. The molecule has 1 saturated heterocycles. The molecule has 26 heavy (non-hydrogen) atoms. The van der Waals surface area contributed by atoms with E-state index < -0.39 is 0 Å². The number of nitrogens with zero attached hydrogens (tertiary/aromatic N) is 2. The van der Waals surface area contributed by atoms with Gasteiger partial charge in [-0.2, -0.15) is 10.1 Å². The second-order valence-electron chi connectivity index (χ2n) is 7.44. The second-order valence-corrected chi connectivity index (χ2v) is 8.30. The average molecular weight is 417 g/mol. The number of ether oxygens (including phenoxy) is 1. The van der Waals surface area contributed by atoms with Gasteiger partial charge in [-0.25, -0.2) is 0 Å².